The van der Waals surface area contributed by atoms with Gasteiger partial charge >= 0.3 is 0 Å². The average Bonchev–Trinajstić information content (AvgIpc) is 3.16. The fourth-order valence-electron chi connectivity index (χ4n) is 2.67. The number of aromatic amines is 1. The molecule has 1 aromatic carbocycles. The summed E-state index contributed by atoms with van der Waals surface area (Å²) in [7, 11) is 0. The zero-order valence-corrected chi connectivity index (χ0v) is 12.3. The van der Waals surface area contributed by atoms with Crippen molar-refractivity contribution in [1.29, 1.82) is 0 Å². The van der Waals surface area contributed by atoms with Crippen LogP contribution in [0, 0.1) is 0 Å². The minimum absolute atomic E-state index is 0.333. The lowest BCUT2D eigenvalue weighted by Crippen LogP contribution is -2.42. The van der Waals surface area contributed by atoms with Crippen molar-refractivity contribution in [3.63, 3.8) is 0 Å². The van der Waals surface area contributed by atoms with Crippen molar-refractivity contribution >= 4 is 16.9 Å². The lowest BCUT2D eigenvalue weighted by molar-refractivity contribution is 0.135. The molecule has 0 radical (unpaired) electrons. The lowest BCUT2D eigenvalue weighted by atomic mass is 10.1. The van der Waals surface area contributed by atoms with Gasteiger partial charge in [-0.05, 0) is 18.1 Å². The first-order valence-corrected chi connectivity index (χ1v) is 7.54. The number of hydrogen-bond donors (Lipinski definition) is 3. The molecule has 112 valence electrons. The largest absolute Gasteiger partial charge is 0.391 e. The molecular weight excluding hydrogens is 264 g/mol. The molecule has 0 fully saturated rings. The molecule has 2 aromatic rings. The topological polar surface area (TPSA) is 63.6 Å². The second-order valence-electron chi connectivity index (χ2n) is 5.43. The Kier molecular flexibility index (Phi) is 4.10. The van der Waals surface area contributed by atoms with E-state index in [1.807, 2.05) is 19.2 Å². The van der Waals surface area contributed by atoms with Crippen LogP contribution in [0.25, 0.3) is 10.9 Å². The number of rotatable bonds is 5. The van der Waals surface area contributed by atoms with Crippen LogP contribution in [0.4, 0.5) is 0 Å². The highest BCUT2D eigenvalue weighted by molar-refractivity contribution is 5.85. The van der Waals surface area contributed by atoms with Gasteiger partial charge in [-0.2, -0.15) is 0 Å². The van der Waals surface area contributed by atoms with Gasteiger partial charge in [0.2, 0.25) is 0 Å². The SMILES string of the molecule is CCC(O)CN(Cc1c[nH]c2ccccc12)C1=NCCN1. The van der Waals surface area contributed by atoms with Crippen LogP contribution in [0.3, 0.4) is 0 Å². The van der Waals surface area contributed by atoms with Crippen LogP contribution >= 0.6 is 0 Å². The lowest BCUT2D eigenvalue weighted by Gasteiger charge is -2.26. The van der Waals surface area contributed by atoms with Crippen molar-refractivity contribution in [2.24, 2.45) is 4.99 Å². The summed E-state index contributed by atoms with van der Waals surface area (Å²) in [5.74, 6) is 0.896. The Bertz CT molecular complexity index is 634. The molecule has 0 aliphatic carbocycles. The van der Waals surface area contributed by atoms with Crippen molar-refractivity contribution in [3.05, 3.63) is 36.0 Å². The van der Waals surface area contributed by atoms with E-state index in [9.17, 15) is 5.11 Å². The van der Waals surface area contributed by atoms with E-state index in [2.05, 4.69) is 38.4 Å². The van der Waals surface area contributed by atoms with Crippen LogP contribution in [0.5, 0.6) is 0 Å². The van der Waals surface area contributed by atoms with E-state index < -0.39 is 0 Å². The second kappa shape index (κ2) is 6.18. The summed E-state index contributed by atoms with van der Waals surface area (Å²) in [6.07, 6.45) is 2.46. The highest BCUT2D eigenvalue weighted by atomic mass is 16.3. The summed E-state index contributed by atoms with van der Waals surface area (Å²) in [6, 6.07) is 8.29. The third kappa shape index (κ3) is 3.03. The first-order chi connectivity index (χ1) is 10.3. The maximum absolute atomic E-state index is 10.00. The molecule has 1 aliphatic rings. The first-order valence-electron chi connectivity index (χ1n) is 7.54. The number of hydrogen-bond acceptors (Lipinski definition) is 4. The van der Waals surface area contributed by atoms with Gasteiger partial charge < -0.3 is 20.3 Å². The third-order valence-corrected chi connectivity index (χ3v) is 3.89. The van der Waals surface area contributed by atoms with E-state index in [1.165, 1.54) is 10.9 Å². The molecular formula is C16H22N4O. The summed E-state index contributed by atoms with van der Waals surface area (Å²) < 4.78 is 0. The number of H-pyrrole nitrogens is 1. The molecule has 0 saturated carbocycles. The number of nitrogens with zero attached hydrogens (tertiary/aromatic N) is 2. The molecule has 3 N–H and O–H groups in total. The smallest absolute Gasteiger partial charge is 0.194 e. The summed E-state index contributed by atoms with van der Waals surface area (Å²) in [5.41, 5.74) is 2.37. The van der Waals surface area contributed by atoms with Gasteiger partial charge in [-0.1, -0.05) is 25.1 Å². The molecule has 1 unspecified atom stereocenters. The maximum Gasteiger partial charge on any atom is 0.194 e. The fraction of sp³-hybridized carbons (Fsp3) is 0.438. The van der Waals surface area contributed by atoms with E-state index in [4.69, 9.17) is 0 Å². The van der Waals surface area contributed by atoms with Crippen LogP contribution in [0.2, 0.25) is 0 Å². The van der Waals surface area contributed by atoms with Crippen LogP contribution in [-0.2, 0) is 6.54 Å². The number of aliphatic hydroxyl groups is 1. The summed E-state index contributed by atoms with van der Waals surface area (Å²) in [4.78, 5) is 9.93. The minimum atomic E-state index is -0.333. The minimum Gasteiger partial charge on any atom is -0.391 e. The Morgan fingerprint density at radius 3 is 3.00 bits per heavy atom. The van der Waals surface area contributed by atoms with Crippen LogP contribution in [0.15, 0.2) is 35.5 Å². The number of benzene rings is 1. The fourth-order valence-corrected chi connectivity index (χ4v) is 2.67. The van der Waals surface area contributed by atoms with E-state index in [1.54, 1.807) is 0 Å². The van der Waals surface area contributed by atoms with Gasteiger partial charge in [0.1, 0.15) is 0 Å². The molecule has 0 saturated heterocycles. The average molecular weight is 286 g/mol. The van der Waals surface area contributed by atoms with Gasteiger partial charge in [0.15, 0.2) is 5.96 Å². The van der Waals surface area contributed by atoms with Gasteiger partial charge in [0.25, 0.3) is 0 Å². The molecule has 1 aliphatic heterocycles. The van der Waals surface area contributed by atoms with Gasteiger partial charge in [-0.15, -0.1) is 0 Å². The zero-order valence-electron chi connectivity index (χ0n) is 12.3. The van der Waals surface area contributed by atoms with Crippen molar-refractivity contribution in [1.82, 2.24) is 15.2 Å². The Labute approximate surface area is 124 Å². The Hall–Kier alpha value is -2.01. The molecule has 2 heterocycles. The number of para-hydroxylation sites is 1. The van der Waals surface area contributed by atoms with Gasteiger partial charge in [-0.3, -0.25) is 4.99 Å². The number of aliphatic imine (C=N–C) groups is 1. The molecule has 0 bridgehead atoms. The molecule has 5 heteroatoms. The van der Waals surface area contributed by atoms with E-state index in [0.29, 0.717) is 6.54 Å². The van der Waals surface area contributed by atoms with E-state index >= 15 is 0 Å². The Morgan fingerprint density at radius 1 is 1.38 bits per heavy atom. The predicted octanol–water partition coefficient (Wildman–Crippen LogP) is 1.70. The Balaban J connectivity index is 1.83. The molecule has 1 aromatic heterocycles. The zero-order chi connectivity index (χ0) is 14.7. The van der Waals surface area contributed by atoms with Gasteiger partial charge in [-0.25, -0.2) is 0 Å². The molecule has 21 heavy (non-hydrogen) atoms. The number of nitrogens with one attached hydrogen (secondary N) is 2. The quantitative estimate of drug-likeness (QED) is 0.784. The number of fused-ring (bicyclic) bond motifs is 1. The van der Waals surface area contributed by atoms with Crippen LogP contribution in [-0.4, -0.2) is 46.7 Å². The van der Waals surface area contributed by atoms with Crippen molar-refractivity contribution in [2.75, 3.05) is 19.6 Å². The van der Waals surface area contributed by atoms with E-state index in [0.717, 1.165) is 37.5 Å². The first kappa shape index (κ1) is 13.9. The third-order valence-electron chi connectivity index (χ3n) is 3.89. The molecule has 0 spiro atoms. The van der Waals surface area contributed by atoms with E-state index in [-0.39, 0.29) is 6.10 Å². The summed E-state index contributed by atoms with van der Waals surface area (Å²) >= 11 is 0. The monoisotopic (exact) mass is 286 g/mol. The standard InChI is InChI=1S/C16H22N4O/c1-2-13(21)11-20(16-17-7-8-18-16)10-12-9-19-15-6-4-3-5-14(12)15/h3-6,9,13,19,21H,2,7-8,10-11H2,1H3,(H,17,18). The number of guanidine groups is 1. The molecule has 3 rings (SSSR count). The highest BCUT2D eigenvalue weighted by Gasteiger charge is 2.19. The number of aliphatic hydroxyl groups excluding tert-OH is 1. The molecule has 0 amide bonds. The highest BCUT2D eigenvalue weighted by Crippen LogP contribution is 2.20. The maximum atomic E-state index is 10.00. The van der Waals surface area contributed by atoms with Crippen molar-refractivity contribution < 1.29 is 5.11 Å². The van der Waals surface area contributed by atoms with Gasteiger partial charge in [0, 0.05) is 36.7 Å². The van der Waals surface area contributed by atoms with Gasteiger partial charge in [0.05, 0.1) is 12.6 Å². The summed E-state index contributed by atoms with van der Waals surface area (Å²) in [5, 5.41) is 14.5. The molecule has 5 nitrogen and oxygen atoms in total. The normalized spacial score (nSPS) is 15.8. The second-order valence-corrected chi connectivity index (χ2v) is 5.43. The number of aromatic nitrogens is 1. The predicted molar refractivity (Wildman–Crippen MR) is 85.3 cm³/mol. The Morgan fingerprint density at radius 2 is 2.24 bits per heavy atom. The summed E-state index contributed by atoms with van der Waals surface area (Å²) in [6.45, 7) is 5.02. The van der Waals surface area contributed by atoms with Crippen molar-refractivity contribution in [2.45, 2.75) is 26.0 Å². The molecule has 1 atom stereocenters. The van der Waals surface area contributed by atoms with Crippen molar-refractivity contribution in [3.8, 4) is 0 Å². The van der Waals surface area contributed by atoms with Crippen LogP contribution in [0.1, 0.15) is 18.9 Å². The van der Waals surface area contributed by atoms with Crippen LogP contribution < -0.4 is 5.32 Å².